The van der Waals surface area contributed by atoms with E-state index in [-0.39, 0.29) is 0 Å². The monoisotopic (exact) mass is 133 g/mol. The van der Waals surface area contributed by atoms with E-state index in [0.29, 0.717) is 5.92 Å². The zero-order chi connectivity index (χ0) is 6.97. The lowest BCUT2D eigenvalue weighted by Gasteiger charge is -2.10. The first-order chi connectivity index (χ1) is 4.86. The van der Waals surface area contributed by atoms with Crippen LogP contribution in [-0.4, -0.2) is 4.98 Å². The van der Waals surface area contributed by atoms with Crippen molar-refractivity contribution in [2.45, 2.75) is 13.3 Å². The summed E-state index contributed by atoms with van der Waals surface area (Å²) in [6, 6.07) is 2.16. The van der Waals surface area contributed by atoms with Crippen LogP contribution in [0.15, 0.2) is 18.3 Å². The average molecular weight is 133 g/mol. The van der Waals surface area contributed by atoms with Gasteiger partial charge in [0.15, 0.2) is 0 Å². The lowest BCUT2D eigenvalue weighted by atomic mass is 9.96. The Bertz CT molecular complexity index is 257. The number of rotatable bonds is 0. The van der Waals surface area contributed by atoms with Crippen LogP contribution in [0.2, 0.25) is 0 Å². The topological polar surface area (TPSA) is 15.8 Å². The van der Waals surface area contributed by atoms with Gasteiger partial charge in [0.1, 0.15) is 0 Å². The molecule has 1 aromatic rings. The summed E-state index contributed by atoms with van der Waals surface area (Å²) < 4.78 is 0. The maximum absolute atomic E-state index is 3.19. The lowest BCUT2D eigenvalue weighted by Crippen LogP contribution is -2.00. The molecule has 0 aromatic carbocycles. The van der Waals surface area contributed by atoms with Gasteiger partial charge in [-0.3, -0.25) is 0 Å². The van der Waals surface area contributed by atoms with Gasteiger partial charge in [-0.1, -0.05) is 13.0 Å². The summed E-state index contributed by atoms with van der Waals surface area (Å²) in [5.41, 5.74) is 2.74. The van der Waals surface area contributed by atoms with E-state index in [2.05, 4.69) is 30.1 Å². The van der Waals surface area contributed by atoms with Gasteiger partial charge in [-0.25, -0.2) is 0 Å². The van der Waals surface area contributed by atoms with Crippen molar-refractivity contribution < 1.29 is 0 Å². The van der Waals surface area contributed by atoms with E-state index < -0.39 is 0 Å². The maximum atomic E-state index is 3.19. The normalized spacial score (nSPS) is 22.7. The van der Waals surface area contributed by atoms with Crippen LogP contribution >= 0.6 is 0 Å². The van der Waals surface area contributed by atoms with Gasteiger partial charge in [0.2, 0.25) is 0 Å². The van der Waals surface area contributed by atoms with E-state index in [4.69, 9.17) is 0 Å². The fourth-order valence-corrected chi connectivity index (χ4v) is 1.42. The summed E-state index contributed by atoms with van der Waals surface area (Å²) in [4.78, 5) is 3.19. The second-order valence-electron chi connectivity index (χ2n) is 2.96. The minimum Gasteiger partial charge on any atom is -0.361 e. The highest BCUT2D eigenvalue weighted by Crippen LogP contribution is 2.20. The average Bonchev–Trinajstić information content (AvgIpc) is 2.33. The Morgan fingerprint density at radius 2 is 2.50 bits per heavy atom. The number of aromatic amines is 1. The predicted octanol–water partition coefficient (Wildman–Crippen LogP) is 2.22. The third kappa shape index (κ3) is 0.783. The Morgan fingerprint density at radius 1 is 1.60 bits per heavy atom. The molecule has 0 aliphatic heterocycles. The standard InChI is InChI=1S/C9H11N/c1-7-2-3-9-8(6-7)4-5-10-9/h2-5,7,10H,6H2,1H3/t7-/m1/s1. The Labute approximate surface area is 60.8 Å². The number of nitrogens with one attached hydrogen (secondary N) is 1. The zero-order valence-electron chi connectivity index (χ0n) is 6.09. The Morgan fingerprint density at radius 3 is 3.40 bits per heavy atom. The highest BCUT2D eigenvalue weighted by atomic mass is 14.7. The fraction of sp³-hybridized carbons (Fsp3) is 0.333. The van der Waals surface area contributed by atoms with Gasteiger partial charge in [0.25, 0.3) is 0 Å². The first kappa shape index (κ1) is 5.78. The van der Waals surface area contributed by atoms with Crippen LogP contribution in [0.1, 0.15) is 18.2 Å². The van der Waals surface area contributed by atoms with E-state index in [1.54, 1.807) is 0 Å². The highest BCUT2D eigenvalue weighted by molar-refractivity contribution is 5.52. The summed E-state index contributed by atoms with van der Waals surface area (Å²) in [5, 5.41) is 0. The molecule has 1 atom stereocenters. The molecule has 0 bridgehead atoms. The van der Waals surface area contributed by atoms with Gasteiger partial charge in [0, 0.05) is 11.9 Å². The van der Waals surface area contributed by atoms with Gasteiger partial charge < -0.3 is 4.98 Å². The number of allylic oxidation sites excluding steroid dienone is 1. The molecule has 1 nitrogen and oxygen atoms in total. The molecular formula is C9H11N. The molecule has 1 aromatic heterocycles. The summed E-state index contributed by atoms with van der Waals surface area (Å²) in [5.74, 6) is 0.711. The molecule has 1 aliphatic carbocycles. The molecule has 0 saturated heterocycles. The van der Waals surface area contributed by atoms with Gasteiger partial charge >= 0.3 is 0 Å². The van der Waals surface area contributed by atoms with Gasteiger partial charge in [-0.2, -0.15) is 0 Å². The fourth-order valence-electron chi connectivity index (χ4n) is 1.42. The lowest BCUT2D eigenvalue weighted by molar-refractivity contribution is 0.717. The van der Waals surface area contributed by atoms with E-state index in [1.165, 1.54) is 17.7 Å². The Hall–Kier alpha value is -0.980. The first-order valence-corrected chi connectivity index (χ1v) is 3.71. The van der Waals surface area contributed by atoms with Crippen LogP contribution < -0.4 is 0 Å². The van der Waals surface area contributed by atoms with Crippen LogP contribution in [0.3, 0.4) is 0 Å². The highest BCUT2D eigenvalue weighted by Gasteiger charge is 2.08. The molecule has 0 unspecified atom stereocenters. The van der Waals surface area contributed by atoms with Crippen molar-refractivity contribution in [1.29, 1.82) is 0 Å². The van der Waals surface area contributed by atoms with Crippen molar-refractivity contribution in [1.82, 2.24) is 4.98 Å². The largest absolute Gasteiger partial charge is 0.361 e. The molecule has 1 heteroatoms. The molecule has 0 spiro atoms. The smallest absolute Gasteiger partial charge is 0.0409 e. The quantitative estimate of drug-likeness (QED) is 0.558. The van der Waals surface area contributed by atoms with E-state index >= 15 is 0 Å². The molecule has 0 amide bonds. The molecule has 1 heterocycles. The molecular weight excluding hydrogens is 122 g/mol. The first-order valence-electron chi connectivity index (χ1n) is 3.71. The van der Waals surface area contributed by atoms with Crippen LogP contribution in [0.5, 0.6) is 0 Å². The molecule has 0 saturated carbocycles. The van der Waals surface area contributed by atoms with Gasteiger partial charge in [-0.15, -0.1) is 0 Å². The maximum Gasteiger partial charge on any atom is 0.0409 e. The van der Waals surface area contributed by atoms with Crippen molar-refractivity contribution in [3.63, 3.8) is 0 Å². The van der Waals surface area contributed by atoms with E-state index in [1.807, 2.05) is 6.20 Å². The van der Waals surface area contributed by atoms with Crippen molar-refractivity contribution in [2.24, 2.45) is 5.92 Å². The number of H-pyrrole nitrogens is 1. The summed E-state index contributed by atoms with van der Waals surface area (Å²) >= 11 is 0. The molecule has 1 aliphatic rings. The SMILES string of the molecule is C[C@@H]1C=Cc2[nH]ccc2C1. The van der Waals surface area contributed by atoms with Crippen LogP contribution in [-0.2, 0) is 6.42 Å². The van der Waals surface area contributed by atoms with Crippen LogP contribution in [0.4, 0.5) is 0 Å². The van der Waals surface area contributed by atoms with Crippen molar-refractivity contribution in [3.8, 4) is 0 Å². The van der Waals surface area contributed by atoms with Crippen molar-refractivity contribution in [2.75, 3.05) is 0 Å². The molecule has 2 rings (SSSR count). The molecule has 10 heavy (non-hydrogen) atoms. The molecule has 52 valence electrons. The summed E-state index contributed by atoms with van der Waals surface area (Å²) in [7, 11) is 0. The summed E-state index contributed by atoms with van der Waals surface area (Å²) in [6.45, 7) is 2.24. The number of hydrogen-bond acceptors (Lipinski definition) is 0. The van der Waals surface area contributed by atoms with Crippen LogP contribution in [0, 0.1) is 5.92 Å². The van der Waals surface area contributed by atoms with Crippen molar-refractivity contribution in [3.05, 3.63) is 29.6 Å². The summed E-state index contributed by atoms with van der Waals surface area (Å²) in [6.07, 6.45) is 7.62. The minimum absolute atomic E-state index is 0.711. The zero-order valence-corrected chi connectivity index (χ0v) is 6.09. The third-order valence-corrected chi connectivity index (χ3v) is 2.00. The molecule has 0 fully saturated rings. The van der Waals surface area contributed by atoms with Gasteiger partial charge in [-0.05, 0) is 30.0 Å². The van der Waals surface area contributed by atoms with Gasteiger partial charge in [0.05, 0.1) is 0 Å². The number of hydrogen-bond donors (Lipinski definition) is 1. The molecule has 0 radical (unpaired) electrons. The third-order valence-electron chi connectivity index (χ3n) is 2.00. The second-order valence-corrected chi connectivity index (χ2v) is 2.96. The van der Waals surface area contributed by atoms with Crippen LogP contribution in [0.25, 0.3) is 6.08 Å². The van der Waals surface area contributed by atoms with E-state index in [9.17, 15) is 0 Å². The Balaban J connectivity index is 2.43. The van der Waals surface area contributed by atoms with Crippen molar-refractivity contribution >= 4 is 6.08 Å². The van der Waals surface area contributed by atoms with E-state index in [0.717, 1.165) is 0 Å². The Kier molecular flexibility index (Phi) is 1.16. The number of aromatic nitrogens is 1. The number of fused-ring (bicyclic) bond motifs is 1. The predicted molar refractivity (Wildman–Crippen MR) is 42.7 cm³/mol. The minimum atomic E-state index is 0.711. The molecule has 1 N–H and O–H groups in total. The second kappa shape index (κ2) is 2.01.